The molecule has 3 N–H and O–H groups in total. The topological polar surface area (TPSA) is 72.2 Å². The maximum Gasteiger partial charge on any atom is 0.244 e. The molecule has 1 atom stereocenters. The quantitative estimate of drug-likeness (QED) is 0.843. The van der Waals surface area contributed by atoms with E-state index in [-0.39, 0.29) is 10.7 Å². The Morgan fingerprint density at radius 2 is 2.15 bits per heavy atom. The lowest BCUT2D eigenvalue weighted by Crippen LogP contribution is -2.27. The summed E-state index contributed by atoms with van der Waals surface area (Å²) in [6.07, 6.45) is 0. The first kappa shape index (κ1) is 15.2. The number of nitrogens with one attached hydrogen (secondary N) is 1. The molecule has 0 aliphatic heterocycles. The molecule has 20 heavy (non-hydrogen) atoms. The molecule has 0 saturated heterocycles. The zero-order valence-electron chi connectivity index (χ0n) is 10.4. The van der Waals surface area contributed by atoms with Gasteiger partial charge >= 0.3 is 0 Å². The van der Waals surface area contributed by atoms with Gasteiger partial charge < -0.3 is 5.73 Å². The smallest absolute Gasteiger partial charge is 0.244 e. The summed E-state index contributed by atoms with van der Waals surface area (Å²) in [6.45, 7) is 1.68. The van der Waals surface area contributed by atoms with Crippen molar-refractivity contribution in [3.63, 3.8) is 0 Å². The number of sulfonamides is 1. The molecule has 2 rings (SSSR count). The van der Waals surface area contributed by atoms with Gasteiger partial charge in [-0.1, -0.05) is 17.7 Å². The molecular formula is C12H12ClFN2O2S2. The number of nitrogens with two attached hydrogens (primary N) is 1. The highest BCUT2D eigenvalue weighted by Gasteiger charge is 2.24. The van der Waals surface area contributed by atoms with Crippen LogP contribution in [0, 0.1) is 5.82 Å². The third-order valence-corrected chi connectivity index (χ3v) is 5.48. The molecular weight excluding hydrogens is 323 g/mol. The van der Waals surface area contributed by atoms with Crippen molar-refractivity contribution in [1.29, 1.82) is 0 Å². The van der Waals surface area contributed by atoms with Crippen molar-refractivity contribution in [2.45, 2.75) is 17.9 Å². The largest absolute Gasteiger partial charge is 0.399 e. The van der Waals surface area contributed by atoms with Crippen LogP contribution in [-0.2, 0) is 10.0 Å². The van der Waals surface area contributed by atoms with Gasteiger partial charge in [0.25, 0.3) is 0 Å². The van der Waals surface area contributed by atoms with Crippen LogP contribution in [0.15, 0.2) is 34.5 Å². The molecule has 2 aromatic rings. The van der Waals surface area contributed by atoms with Crippen molar-refractivity contribution >= 4 is 38.6 Å². The van der Waals surface area contributed by atoms with E-state index in [9.17, 15) is 12.8 Å². The minimum absolute atomic E-state index is 0.0838. The Balaban J connectivity index is 2.36. The summed E-state index contributed by atoms with van der Waals surface area (Å²) < 4.78 is 40.7. The van der Waals surface area contributed by atoms with Gasteiger partial charge in [-0.3, -0.25) is 0 Å². The van der Waals surface area contributed by atoms with E-state index in [4.69, 9.17) is 17.3 Å². The van der Waals surface area contributed by atoms with Gasteiger partial charge in [0.15, 0.2) is 5.82 Å². The number of thiophene rings is 1. The Kier molecular flexibility index (Phi) is 4.33. The van der Waals surface area contributed by atoms with Crippen molar-refractivity contribution in [2.24, 2.45) is 0 Å². The fourth-order valence-electron chi connectivity index (χ4n) is 1.67. The Hall–Kier alpha value is -1.15. The molecule has 0 aliphatic carbocycles. The first-order valence-electron chi connectivity index (χ1n) is 5.61. The number of benzene rings is 1. The maximum atomic E-state index is 13.9. The summed E-state index contributed by atoms with van der Waals surface area (Å²) in [4.78, 5) is 0.273. The highest BCUT2D eigenvalue weighted by molar-refractivity contribution is 7.89. The first-order chi connectivity index (χ1) is 9.31. The predicted molar refractivity (Wildman–Crippen MR) is 78.9 cm³/mol. The lowest BCUT2D eigenvalue weighted by Gasteiger charge is -2.14. The molecule has 1 unspecified atom stereocenters. The summed E-state index contributed by atoms with van der Waals surface area (Å²) in [6, 6.07) is 5.34. The minimum atomic E-state index is -4.04. The molecule has 0 bridgehead atoms. The van der Waals surface area contributed by atoms with Crippen LogP contribution in [0.1, 0.15) is 17.8 Å². The van der Waals surface area contributed by atoms with Crippen molar-refractivity contribution in [1.82, 2.24) is 4.72 Å². The van der Waals surface area contributed by atoms with Crippen molar-refractivity contribution in [3.05, 3.63) is 45.4 Å². The van der Waals surface area contributed by atoms with Gasteiger partial charge in [0.05, 0.1) is 11.1 Å². The lowest BCUT2D eigenvalue weighted by atomic mass is 10.3. The molecule has 0 radical (unpaired) electrons. The van der Waals surface area contributed by atoms with Crippen LogP contribution in [0.25, 0.3) is 0 Å². The molecule has 1 aromatic heterocycles. The van der Waals surface area contributed by atoms with Crippen LogP contribution in [0.4, 0.5) is 10.1 Å². The Morgan fingerprint density at radius 3 is 2.75 bits per heavy atom. The van der Waals surface area contributed by atoms with E-state index < -0.39 is 26.8 Å². The van der Waals surface area contributed by atoms with E-state index in [0.717, 1.165) is 10.9 Å². The second-order valence-electron chi connectivity index (χ2n) is 4.17. The van der Waals surface area contributed by atoms with E-state index in [1.165, 1.54) is 17.4 Å². The molecule has 108 valence electrons. The highest BCUT2D eigenvalue weighted by atomic mass is 35.5. The number of hydrogen-bond donors (Lipinski definition) is 2. The summed E-state index contributed by atoms with van der Waals surface area (Å²) >= 11 is 7.02. The standard InChI is InChI=1S/C12H12ClFN2O2S2/c1-7(10-3-2-4-19-10)16-20(17,18)11-6-8(15)5-9(13)12(11)14/h2-7,16H,15H2,1H3. The Morgan fingerprint density at radius 1 is 1.45 bits per heavy atom. The second kappa shape index (κ2) is 5.69. The average Bonchev–Trinajstić information content (AvgIpc) is 2.86. The van der Waals surface area contributed by atoms with Crippen LogP contribution in [0.5, 0.6) is 0 Å². The van der Waals surface area contributed by atoms with Crippen LogP contribution in [-0.4, -0.2) is 8.42 Å². The van der Waals surface area contributed by atoms with Crippen LogP contribution in [0.3, 0.4) is 0 Å². The van der Waals surface area contributed by atoms with Gasteiger partial charge in [-0.05, 0) is 30.5 Å². The summed E-state index contributed by atoms with van der Waals surface area (Å²) in [5.74, 6) is -1.01. The molecule has 4 nitrogen and oxygen atoms in total. The number of anilines is 1. The molecule has 0 saturated carbocycles. The Bertz CT molecular complexity index is 717. The second-order valence-corrected chi connectivity index (χ2v) is 7.24. The molecule has 0 spiro atoms. The Labute approximate surface area is 125 Å². The van der Waals surface area contributed by atoms with Gasteiger partial charge in [-0.25, -0.2) is 17.5 Å². The van der Waals surface area contributed by atoms with E-state index in [2.05, 4.69) is 4.72 Å². The number of halogens is 2. The summed E-state index contributed by atoms with van der Waals surface area (Å²) in [7, 11) is -4.04. The number of nitrogen functional groups attached to an aromatic ring is 1. The van der Waals surface area contributed by atoms with Crippen molar-refractivity contribution in [2.75, 3.05) is 5.73 Å². The van der Waals surface area contributed by atoms with Gasteiger partial charge in [-0.2, -0.15) is 0 Å². The van der Waals surface area contributed by atoms with Gasteiger partial charge in [0.2, 0.25) is 10.0 Å². The van der Waals surface area contributed by atoms with E-state index in [1.807, 2.05) is 11.4 Å². The molecule has 0 aliphatic rings. The number of hydrogen-bond acceptors (Lipinski definition) is 4. The van der Waals surface area contributed by atoms with Crippen LogP contribution in [0.2, 0.25) is 5.02 Å². The first-order valence-corrected chi connectivity index (χ1v) is 8.35. The molecule has 1 heterocycles. The lowest BCUT2D eigenvalue weighted by molar-refractivity contribution is 0.548. The molecule has 8 heteroatoms. The number of rotatable bonds is 4. The van der Waals surface area contributed by atoms with Crippen molar-refractivity contribution < 1.29 is 12.8 Å². The third-order valence-electron chi connectivity index (χ3n) is 2.61. The van der Waals surface area contributed by atoms with Crippen molar-refractivity contribution in [3.8, 4) is 0 Å². The van der Waals surface area contributed by atoms with Gasteiger partial charge in [0.1, 0.15) is 4.90 Å². The fraction of sp³-hybridized carbons (Fsp3) is 0.167. The van der Waals surface area contributed by atoms with Crippen LogP contribution < -0.4 is 10.5 Å². The normalized spacial score (nSPS) is 13.3. The molecule has 1 aromatic carbocycles. The van der Waals surface area contributed by atoms with Gasteiger partial charge in [0, 0.05) is 10.6 Å². The highest BCUT2D eigenvalue weighted by Crippen LogP contribution is 2.27. The summed E-state index contributed by atoms with van der Waals surface area (Å²) in [5, 5.41) is 1.51. The zero-order valence-corrected chi connectivity index (χ0v) is 12.8. The van der Waals surface area contributed by atoms with E-state index in [0.29, 0.717) is 0 Å². The SMILES string of the molecule is CC(NS(=O)(=O)c1cc(N)cc(Cl)c1F)c1cccs1. The monoisotopic (exact) mass is 334 g/mol. The average molecular weight is 335 g/mol. The summed E-state index contributed by atoms with van der Waals surface area (Å²) in [5.41, 5.74) is 5.59. The third kappa shape index (κ3) is 3.12. The minimum Gasteiger partial charge on any atom is -0.399 e. The van der Waals surface area contributed by atoms with E-state index >= 15 is 0 Å². The van der Waals surface area contributed by atoms with E-state index in [1.54, 1.807) is 13.0 Å². The van der Waals surface area contributed by atoms with Gasteiger partial charge in [-0.15, -0.1) is 11.3 Å². The fourth-order valence-corrected chi connectivity index (χ4v) is 4.12. The maximum absolute atomic E-state index is 13.9. The predicted octanol–water partition coefficient (Wildman–Crippen LogP) is 3.16. The zero-order chi connectivity index (χ0) is 14.9. The molecule has 0 amide bonds. The van der Waals surface area contributed by atoms with Crippen LogP contribution >= 0.6 is 22.9 Å². The molecule has 0 fully saturated rings.